The normalized spacial score (nSPS) is 27.8. The molecule has 3 unspecified atom stereocenters. The van der Waals surface area contributed by atoms with Gasteiger partial charge in [0.1, 0.15) is 0 Å². The highest BCUT2D eigenvalue weighted by Gasteiger charge is 2.48. The van der Waals surface area contributed by atoms with Gasteiger partial charge in [-0.05, 0) is 55.7 Å². The average Bonchev–Trinajstić information content (AvgIpc) is 3.29. The van der Waals surface area contributed by atoms with Crippen LogP contribution in [0.2, 0.25) is 0 Å². The summed E-state index contributed by atoms with van der Waals surface area (Å²) in [7, 11) is 0. The zero-order chi connectivity index (χ0) is 14.3. The van der Waals surface area contributed by atoms with Crippen LogP contribution in [0.15, 0.2) is 28.7 Å². The largest absolute Gasteiger partial charge is 0.394 e. The van der Waals surface area contributed by atoms with Crippen LogP contribution in [-0.4, -0.2) is 23.2 Å². The number of aliphatic hydroxyl groups excluding tert-OH is 1. The van der Waals surface area contributed by atoms with Crippen LogP contribution in [0, 0.1) is 11.8 Å². The van der Waals surface area contributed by atoms with E-state index in [2.05, 4.69) is 33.4 Å². The molecule has 108 valence electrons. The zero-order valence-electron chi connectivity index (χ0n) is 11.6. The van der Waals surface area contributed by atoms with Crippen molar-refractivity contribution in [1.82, 2.24) is 5.32 Å². The van der Waals surface area contributed by atoms with E-state index in [0.29, 0.717) is 11.8 Å². The molecule has 1 aromatic carbocycles. The first-order chi connectivity index (χ1) is 9.53. The minimum Gasteiger partial charge on any atom is -0.394 e. The van der Waals surface area contributed by atoms with Gasteiger partial charge < -0.3 is 10.4 Å². The molecule has 1 aromatic rings. The van der Waals surface area contributed by atoms with E-state index in [1.165, 1.54) is 5.56 Å². The number of carbonyl (C=O) groups is 1. The summed E-state index contributed by atoms with van der Waals surface area (Å²) in [4.78, 5) is 12.3. The van der Waals surface area contributed by atoms with Crippen molar-refractivity contribution in [3.63, 3.8) is 0 Å². The summed E-state index contributed by atoms with van der Waals surface area (Å²) in [5.41, 5.74) is 0.801. The van der Waals surface area contributed by atoms with Crippen molar-refractivity contribution >= 4 is 21.8 Å². The Hall–Kier alpha value is -0.870. The predicted octanol–water partition coefficient (Wildman–Crippen LogP) is 2.83. The summed E-state index contributed by atoms with van der Waals surface area (Å²) < 4.78 is 1.06. The lowest BCUT2D eigenvalue weighted by molar-refractivity contribution is -0.125. The first-order valence-electron chi connectivity index (χ1n) is 7.22. The SMILES string of the molecule is CC(CO)(NC(=O)C1CC1c1ccc(Br)cc1)C1CC1. The van der Waals surface area contributed by atoms with Gasteiger partial charge in [-0.1, -0.05) is 28.1 Å². The van der Waals surface area contributed by atoms with E-state index < -0.39 is 5.54 Å². The van der Waals surface area contributed by atoms with Crippen molar-refractivity contribution in [3.8, 4) is 0 Å². The summed E-state index contributed by atoms with van der Waals surface area (Å²) in [6.45, 7) is 1.98. The number of amides is 1. The Morgan fingerprint density at radius 2 is 2.05 bits per heavy atom. The molecule has 0 spiro atoms. The van der Waals surface area contributed by atoms with Gasteiger partial charge >= 0.3 is 0 Å². The number of hydrogen-bond donors (Lipinski definition) is 2. The van der Waals surface area contributed by atoms with Gasteiger partial charge in [0.25, 0.3) is 0 Å². The number of hydrogen-bond acceptors (Lipinski definition) is 2. The topological polar surface area (TPSA) is 49.3 Å². The fourth-order valence-electron chi connectivity index (χ4n) is 2.93. The number of aliphatic hydroxyl groups is 1. The molecule has 2 fully saturated rings. The highest BCUT2D eigenvalue weighted by atomic mass is 79.9. The van der Waals surface area contributed by atoms with E-state index in [9.17, 15) is 9.90 Å². The molecule has 3 rings (SSSR count). The molecule has 0 aliphatic heterocycles. The molecule has 0 saturated heterocycles. The van der Waals surface area contributed by atoms with E-state index in [1.807, 2.05) is 19.1 Å². The summed E-state index contributed by atoms with van der Waals surface area (Å²) in [5.74, 6) is 0.953. The van der Waals surface area contributed by atoms with E-state index in [1.54, 1.807) is 0 Å². The summed E-state index contributed by atoms with van der Waals surface area (Å²) in [6, 6.07) is 8.19. The maximum Gasteiger partial charge on any atom is 0.224 e. The average molecular weight is 338 g/mol. The summed E-state index contributed by atoms with van der Waals surface area (Å²) >= 11 is 3.42. The first-order valence-corrected chi connectivity index (χ1v) is 8.01. The van der Waals surface area contributed by atoms with Gasteiger partial charge in [0, 0.05) is 10.4 Å². The summed E-state index contributed by atoms with van der Waals surface area (Å²) in [6.07, 6.45) is 3.13. The smallest absolute Gasteiger partial charge is 0.224 e. The van der Waals surface area contributed by atoms with Gasteiger partial charge in [0.2, 0.25) is 5.91 Å². The Kier molecular flexibility index (Phi) is 3.63. The minimum absolute atomic E-state index is 0.0269. The number of carbonyl (C=O) groups excluding carboxylic acids is 1. The summed E-state index contributed by atoms with van der Waals surface area (Å²) in [5, 5.41) is 12.6. The van der Waals surface area contributed by atoms with Crippen LogP contribution >= 0.6 is 15.9 Å². The molecular formula is C16H20BrNO2. The third kappa shape index (κ3) is 2.77. The number of halogens is 1. The van der Waals surface area contributed by atoms with Crippen molar-refractivity contribution in [2.24, 2.45) is 11.8 Å². The highest BCUT2D eigenvalue weighted by Crippen LogP contribution is 2.48. The van der Waals surface area contributed by atoms with Gasteiger partial charge in [-0.25, -0.2) is 0 Å². The van der Waals surface area contributed by atoms with E-state index in [4.69, 9.17) is 0 Å². The second-order valence-electron chi connectivity index (χ2n) is 6.34. The fourth-order valence-corrected chi connectivity index (χ4v) is 3.19. The van der Waals surface area contributed by atoms with Crippen molar-refractivity contribution in [3.05, 3.63) is 34.3 Å². The van der Waals surface area contributed by atoms with Crippen molar-refractivity contribution in [2.75, 3.05) is 6.61 Å². The Labute approximate surface area is 127 Å². The lowest BCUT2D eigenvalue weighted by Crippen LogP contribution is -2.51. The van der Waals surface area contributed by atoms with Crippen molar-refractivity contribution in [1.29, 1.82) is 0 Å². The van der Waals surface area contributed by atoms with Crippen molar-refractivity contribution < 1.29 is 9.90 Å². The van der Waals surface area contributed by atoms with Crippen LogP contribution in [0.1, 0.15) is 37.7 Å². The van der Waals surface area contributed by atoms with Gasteiger partial charge in [-0.2, -0.15) is 0 Å². The number of rotatable bonds is 5. The zero-order valence-corrected chi connectivity index (χ0v) is 13.2. The van der Waals surface area contributed by atoms with Crippen LogP contribution < -0.4 is 5.32 Å². The number of benzene rings is 1. The quantitative estimate of drug-likeness (QED) is 0.867. The molecule has 3 nitrogen and oxygen atoms in total. The molecule has 1 amide bonds. The Balaban J connectivity index is 1.61. The molecule has 4 heteroatoms. The molecule has 0 aromatic heterocycles. The molecule has 2 aliphatic carbocycles. The van der Waals surface area contributed by atoms with E-state index in [-0.39, 0.29) is 18.4 Å². The monoisotopic (exact) mass is 337 g/mol. The number of nitrogens with one attached hydrogen (secondary N) is 1. The Morgan fingerprint density at radius 3 is 2.60 bits per heavy atom. The lowest BCUT2D eigenvalue weighted by Gasteiger charge is -2.29. The van der Waals surface area contributed by atoms with Crippen LogP contribution in [0.4, 0.5) is 0 Å². The third-order valence-electron chi connectivity index (χ3n) is 4.64. The Morgan fingerprint density at radius 1 is 1.40 bits per heavy atom. The molecule has 0 radical (unpaired) electrons. The van der Waals surface area contributed by atoms with E-state index in [0.717, 1.165) is 23.7 Å². The molecule has 0 bridgehead atoms. The van der Waals surface area contributed by atoms with Gasteiger partial charge in [-0.3, -0.25) is 4.79 Å². The Bertz CT molecular complexity index is 512. The van der Waals surface area contributed by atoms with Crippen LogP contribution in [0.5, 0.6) is 0 Å². The molecule has 2 saturated carbocycles. The first kappa shape index (κ1) is 14.1. The maximum absolute atomic E-state index is 12.3. The molecule has 2 aliphatic rings. The second kappa shape index (κ2) is 5.15. The van der Waals surface area contributed by atoms with Crippen LogP contribution in [-0.2, 0) is 4.79 Å². The van der Waals surface area contributed by atoms with Crippen LogP contribution in [0.25, 0.3) is 0 Å². The van der Waals surface area contributed by atoms with Gasteiger partial charge in [0.05, 0.1) is 12.1 Å². The second-order valence-corrected chi connectivity index (χ2v) is 7.26. The van der Waals surface area contributed by atoms with E-state index >= 15 is 0 Å². The molecule has 20 heavy (non-hydrogen) atoms. The molecule has 0 heterocycles. The molecular weight excluding hydrogens is 318 g/mol. The third-order valence-corrected chi connectivity index (χ3v) is 5.17. The lowest BCUT2D eigenvalue weighted by atomic mass is 9.96. The van der Waals surface area contributed by atoms with Gasteiger partial charge in [-0.15, -0.1) is 0 Å². The van der Waals surface area contributed by atoms with Gasteiger partial charge in [0.15, 0.2) is 0 Å². The minimum atomic E-state index is -0.427. The molecule has 2 N–H and O–H groups in total. The predicted molar refractivity (Wildman–Crippen MR) is 81.3 cm³/mol. The molecule has 3 atom stereocenters. The van der Waals surface area contributed by atoms with Crippen molar-refractivity contribution in [2.45, 2.75) is 37.6 Å². The maximum atomic E-state index is 12.3. The standard InChI is InChI=1S/C16H20BrNO2/c1-16(9-19,11-4-5-11)18-15(20)14-8-13(14)10-2-6-12(17)7-3-10/h2-3,6-7,11,13-14,19H,4-5,8-9H2,1H3,(H,18,20). The fraction of sp³-hybridized carbons (Fsp3) is 0.562. The van der Waals surface area contributed by atoms with Crippen LogP contribution in [0.3, 0.4) is 0 Å². The highest BCUT2D eigenvalue weighted by molar-refractivity contribution is 9.10.